The minimum Gasteiger partial charge on any atom is -0.507 e. The number of aliphatic hydroxyl groups excluding tert-OH is 1. The quantitative estimate of drug-likeness (QED) is 0.365. The molecular formula is C25H28N2O7S. The van der Waals surface area contributed by atoms with Gasteiger partial charge in [0.25, 0.3) is 11.7 Å². The number of amides is 2. The smallest absolute Gasteiger partial charge is 0.409 e. The van der Waals surface area contributed by atoms with Gasteiger partial charge in [-0.1, -0.05) is 6.07 Å². The molecule has 2 amide bonds. The minimum absolute atomic E-state index is 0.0109. The molecule has 2 saturated heterocycles. The van der Waals surface area contributed by atoms with Crippen molar-refractivity contribution in [2.24, 2.45) is 0 Å². The summed E-state index contributed by atoms with van der Waals surface area (Å²) in [5.74, 6) is -0.910. The van der Waals surface area contributed by atoms with Gasteiger partial charge in [0.2, 0.25) is 0 Å². The zero-order valence-electron chi connectivity index (χ0n) is 19.9. The summed E-state index contributed by atoms with van der Waals surface area (Å²) < 4.78 is 15.8. The maximum Gasteiger partial charge on any atom is 0.409 e. The first-order valence-electron chi connectivity index (χ1n) is 11.4. The fraction of sp³-hybridized carbons (Fsp3) is 0.400. The lowest BCUT2D eigenvalue weighted by Crippen LogP contribution is -2.48. The van der Waals surface area contributed by atoms with Crippen molar-refractivity contribution in [2.75, 3.05) is 33.9 Å². The lowest BCUT2D eigenvalue weighted by atomic mass is 9.97. The average molecular weight is 501 g/mol. The molecule has 2 aliphatic rings. The van der Waals surface area contributed by atoms with E-state index in [0.717, 1.165) is 4.88 Å². The third-order valence-electron chi connectivity index (χ3n) is 6.34. The Bertz CT molecular complexity index is 1140. The molecule has 4 rings (SSSR count). The Morgan fingerprint density at radius 1 is 1.14 bits per heavy atom. The van der Waals surface area contributed by atoms with Crippen molar-refractivity contribution in [3.63, 3.8) is 0 Å². The molecule has 1 atom stereocenters. The second-order valence-electron chi connectivity index (χ2n) is 8.21. The molecule has 10 heteroatoms. The van der Waals surface area contributed by atoms with Gasteiger partial charge in [0.05, 0.1) is 38.0 Å². The van der Waals surface area contributed by atoms with E-state index in [1.54, 1.807) is 34.9 Å². The van der Waals surface area contributed by atoms with Crippen molar-refractivity contribution in [1.82, 2.24) is 9.80 Å². The number of hydrogen-bond donors (Lipinski definition) is 1. The maximum atomic E-state index is 13.3. The van der Waals surface area contributed by atoms with Crippen LogP contribution >= 0.6 is 11.3 Å². The predicted molar refractivity (Wildman–Crippen MR) is 130 cm³/mol. The van der Waals surface area contributed by atoms with E-state index in [9.17, 15) is 19.5 Å². The Morgan fingerprint density at radius 2 is 1.89 bits per heavy atom. The summed E-state index contributed by atoms with van der Waals surface area (Å²) in [6, 6.07) is 7.56. The Kier molecular flexibility index (Phi) is 7.30. The molecule has 35 heavy (non-hydrogen) atoms. The number of Topliss-reactive ketones (excluding diaryl/α,β-unsaturated/α-hetero) is 1. The molecule has 1 aromatic heterocycles. The predicted octanol–water partition coefficient (Wildman–Crippen LogP) is 3.81. The number of hydrogen-bond acceptors (Lipinski definition) is 8. The number of ether oxygens (including phenoxy) is 3. The summed E-state index contributed by atoms with van der Waals surface area (Å²) in [7, 11) is 2.96. The summed E-state index contributed by atoms with van der Waals surface area (Å²) in [6.07, 6.45) is 0.611. The third kappa shape index (κ3) is 4.58. The first-order valence-corrected chi connectivity index (χ1v) is 12.3. The molecule has 0 radical (unpaired) electrons. The largest absolute Gasteiger partial charge is 0.507 e. The summed E-state index contributed by atoms with van der Waals surface area (Å²) in [5, 5.41) is 13.2. The van der Waals surface area contributed by atoms with Crippen molar-refractivity contribution in [2.45, 2.75) is 31.8 Å². The molecule has 2 fully saturated rings. The maximum absolute atomic E-state index is 13.3. The number of methoxy groups -OCH3 is 2. The van der Waals surface area contributed by atoms with Gasteiger partial charge in [-0.25, -0.2) is 4.79 Å². The highest BCUT2D eigenvalue weighted by molar-refractivity contribution is 7.10. The van der Waals surface area contributed by atoms with E-state index in [1.165, 1.54) is 25.6 Å². The van der Waals surface area contributed by atoms with Crippen LogP contribution in [-0.2, 0) is 14.3 Å². The van der Waals surface area contributed by atoms with Crippen molar-refractivity contribution in [3.05, 3.63) is 51.7 Å². The normalized spacial score (nSPS) is 20.3. The van der Waals surface area contributed by atoms with E-state index in [2.05, 4.69) is 0 Å². The van der Waals surface area contributed by atoms with Crippen LogP contribution in [0.4, 0.5) is 4.79 Å². The molecule has 1 aromatic carbocycles. The second kappa shape index (κ2) is 10.4. The monoisotopic (exact) mass is 500 g/mol. The van der Waals surface area contributed by atoms with Crippen LogP contribution in [0.15, 0.2) is 41.3 Å². The fourth-order valence-corrected chi connectivity index (χ4v) is 5.47. The minimum atomic E-state index is -0.751. The molecule has 0 spiro atoms. The van der Waals surface area contributed by atoms with Crippen LogP contribution in [0, 0.1) is 0 Å². The number of rotatable bonds is 6. The number of nitrogens with zero attached hydrogens (tertiary/aromatic N) is 2. The molecule has 0 bridgehead atoms. The van der Waals surface area contributed by atoms with Crippen LogP contribution in [0.25, 0.3) is 5.76 Å². The zero-order chi connectivity index (χ0) is 25.1. The second-order valence-corrected chi connectivity index (χ2v) is 9.18. The highest BCUT2D eigenvalue weighted by Crippen LogP contribution is 2.45. The molecule has 3 heterocycles. The number of aliphatic hydroxyl groups is 1. The number of ketones is 1. The van der Waals surface area contributed by atoms with Crippen molar-refractivity contribution >= 4 is 34.9 Å². The van der Waals surface area contributed by atoms with Gasteiger partial charge in [-0.3, -0.25) is 9.59 Å². The molecule has 186 valence electrons. The molecule has 0 saturated carbocycles. The van der Waals surface area contributed by atoms with Gasteiger partial charge in [-0.05, 0) is 49.4 Å². The van der Waals surface area contributed by atoms with Crippen LogP contribution in [0.2, 0.25) is 0 Å². The Hall–Kier alpha value is -3.53. The number of benzene rings is 1. The number of carbonyl (C=O) groups is 3. The van der Waals surface area contributed by atoms with E-state index in [1.807, 2.05) is 17.5 Å². The summed E-state index contributed by atoms with van der Waals surface area (Å²) >= 11 is 1.41. The first-order chi connectivity index (χ1) is 16.9. The van der Waals surface area contributed by atoms with Crippen LogP contribution in [0.5, 0.6) is 11.5 Å². The zero-order valence-corrected chi connectivity index (χ0v) is 20.7. The number of thiophene rings is 1. The first kappa shape index (κ1) is 24.6. The summed E-state index contributed by atoms with van der Waals surface area (Å²) in [5.41, 5.74) is 0.278. The Labute approximate surface area is 207 Å². The molecule has 0 aliphatic carbocycles. The van der Waals surface area contributed by atoms with Gasteiger partial charge in [-0.2, -0.15) is 0 Å². The molecule has 9 nitrogen and oxygen atoms in total. The van der Waals surface area contributed by atoms with E-state index >= 15 is 0 Å². The van der Waals surface area contributed by atoms with Crippen molar-refractivity contribution < 1.29 is 33.7 Å². The lowest BCUT2D eigenvalue weighted by Gasteiger charge is -2.38. The van der Waals surface area contributed by atoms with E-state index in [0.29, 0.717) is 44.0 Å². The standard InChI is InChI=1S/C25H28N2O7S/c1-4-34-25(31)26-11-9-15(10-12-26)27-21(19-6-5-13-35-19)20(23(29)24(27)30)22(28)17-14-16(32-2)7-8-18(17)33-3/h5-8,13-15,21,28H,4,9-12H2,1-3H3/b22-20-. The van der Waals surface area contributed by atoms with Crippen LogP contribution in [-0.4, -0.2) is 72.6 Å². The molecule has 2 aliphatic heterocycles. The number of likely N-dealkylation sites (tertiary alicyclic amines) is 2. The van der Waals surface area contributed by atoms with Crippen LogP contribution in [0.3, 0.4) is 0 Å². The number of carbonyl (C=O) groups excluding carboxylic acids is 3. The van der Waals surface area contributed by atoms with E-state index < -0.39 is 17.7 Å². The highest BCUT2D eigenvalue weighted by Gasteiger charge is 2.50. The van der Waals surface area contributed by atoms with Gasteiger partial charge in [0.15, 0.2) is 0 Å². The number of piperidine rings is 1. The molecular weight excluding hydrogens is 472 g/mol. The van der Waals surface area contributed by atoms with E-state index in [-0.39, 0.29) is 29.0 Å². The third-order valence-corrected chi connectivity index (χ3v) is 7.26. The van der Waals surface area contributed by atoms with Crippen molar-refractivity contribution in [1.29, 1.82) is 0 Å². The fourth-order valence-electron chi connectivity index (χ4n) is 4.64. The van der Waals surface area contributed by atoms with Crippen LogP contribution < -0.4 is 9.47 Å². The highest BCUT2D eigenvalue weighted by atomic mass is 32.1. The lowest BCUT2D eigenvalue weighted by molar-refractivity contribution is -0.142. The van der Waals surface area contributed by atoms with E-state index in [4.69, 9.17) is 14.2 Å². The Morgan fingerprint density at radius 3 is 2.49 bits per heavy atom. The molecule has 2 aromatic rings. The van der Waals surface area contributed by atoms with Gasteiger partial charge in [0.1, 0.15) is 17.3 Å². The van der Waals surface area contributed by atoms with Gasteiger partial charge in [-0.15, -0.1) is 11.3 Å². The van der Waals surface area contributed by atoms with Gasteiger partial charge >= 0.3 is 6.09 Å². The average Bonchev–Trinajstić information content (AvgIpc) is 3.50. The van der Waals surface area contributed by atoms with Gasteiger partial charge < -0.3 is 29.1 Å². The summed E-state index contributed by atoms with van der Waals surface area (Å²) in [4.78, 5) is 42.7. The molecule has 1 unspecified atom stereocenters. The van der Waals surface area contributed by atoms with Gasteiger partial charge in [0, 0.05) is 24.0 Å². The SMILES string of the molecule is CCOC(=O)N1CCC(N2C(=O)C(=O)/C(=C(\O)c3cc(OC)ccc3OC)C2c2cccs2)CC1. The summed E-state index contributed by atoms with van der Waals surface area (Å²) in [6.45, 7) is 2.86. The topological polar surface area (TPSA) is 106 Å². The van der Waals surface area contributed by atoms with Crippen molar-refractivity contribution in [3.8, 4) is 11.5 Å². The Balaban J connectivity index is 1.74. The molecule has 1 N–H and O–H groups in total. The van der Waals surface area contributed by atoms with Crippen LogP contribution in [0.1, 0.15) is 36.2 Å².